The van der Waals surface area contributed by atoms with Gasteiger partial charge in [0, 0.05) is 6.20 Å². The minimum Gasteiger partial charge on any atom is -0.271 e. The van der Waals surface area contributed by atoms with Crippen LogP contribution in [0.3, 0.4) is 0 Å². The first kappa shape index (κ1) is 12.7. The molecule has 0 bridgehead atoms. The number of hydrazine groups is 1. The lowest BCUT2D eigenvalue weighted by Gasteiger charge is -2.16. The van der Waals surface area contributed by atoms with Crippen molar-refractivity contribution in [3.8, 4) is 0 Å². The van der Waals surface area contributed by atoms with Crippen molar-refractivity contribution < 1.29 is 4.39 Å². The molecule has 0 amide bonds. The van der Waals surface area contributed by atoms with Gasteiger partial charge in [0.25, 0.3) is 0 Å². The molecular formula is C14H16FN3. The SMILES string of the molecule is CCc1ccc(C(NN)c2ncccc2F)cc1. The smallest absolute Gasteiger partial charge is 0.146 e. The lowest BCUT2D eigenvalue weighted by molar-refractivity contribution is 0.543. The van der Waals surface area contributed by atoms with Gasteiger partial charge in [-0.1, -0.05) is 31.2 Å². The van der Waals surface area contributed by atoms with Crippen LogP contribution < -0.4 is 11.3 Å². The second-order valence-corrected chi connectivity index (χ2v) is 4.07. The number of rotatable bonds is 4. The molecule has 0 saturated carbocycles. The zero-order valence-electron chi connectivity index (χ0n) is 10.2. The van der Waals surface area contributed by atoms with Crippen LogP contribution in [0.2, 0.25) is 0 Å². The highest BCUT2D eigenvalue weighted by atomic mass is 19.1. The third-order valence-electron chi connectivity index (χ3n) is 2.95. The lowest BCUT2D eigenvalue weighted by Crippen LogP contribution is -2.30. The van der Waals surface area contributed by atoms with Crippen molar-refractivity contribution in [1.82, 2.24) is 10.4 Å². The van der Waals surface area contributed by atoms with Gasteiger partial charge >= 0.3 is 0 Å². The van der Waals surface area contributed by atoms with E-state index < -0.39 is 6.04 Å². The molecule has 1 heterocycles. The lowest BCUT2D eigenvalue weighted by atomic mass is 10.0. The standard InChI is InChI=1S/C14H16FN3/c1-2-10-5-7-11(8-6-10)13(18-16)14-12(15)4-3-9-17-14/h3-9,13,18H,2,16H2,1H3. The first-order valence-electron chi connectivity index (χ1n) is 5.91. The summed E-state index contributed by atoms with van der Waals surface area (Å²) < 4.78 is 13.7. The van der Waals surface area contributed by atoms with Crippen molar-refractivity contribution in [3.05, 3.63) is 65.2 Å². The van der Waals surface area contributed by atoms with Crippen LogP contribution in [0, 0.1) is 5.82 Å². The summed E-state index contributed by atoms with van der Waals surface area (Å²) in [6.45, 7) is 2.09. The van der Waals surface area contributed by atoms with E-state index in [4.69, 9.17) is 5.84 Å². The highest BCUT2D eigenvalue weighted by Crippen LogP contribution is 2.22. The molecule has 0 saturated heterocycles. The zero-order chi connectivity index (χ0) is 13.0. The van der Waals surface area contributed by atoms with Gasteiger partial charge in [-0.05, 0) is 29.7 Å². The van der Waals surface area contributed by atoms with Gasteiger partial charge < -0.3 is 0 Å². The number of benzene rings is 1. The van der Waals surface area contributed by atoms with E-state index in [0.29, 0.717) is 5.69 Å². The number of nitrogens with zero attached hydrogens (tertiary/aromatic N) is 1. The second kappa shape index (κ2) is 5.71. The molecule has 4 heteroatoms. The first-order valence-corrected chi connectivity index (χ1v) is 5.91. The molecule has 3 N–H and O–H groups in total. The number of aromatic nitrogens is 1. The number of hydrogen-bond donors (Lipinski definition) is 2. The summed E-state index contributed by atoms with van der Waals surface area (Å²) in [6.07, 6.45) is 2.53. The van der Waals surface area contributed by atoms with Crippen LogP contribution in [0.15, 0.2) is 42.6 Å². The molecule has 94 valence electrons. The Bertz CT molecular complexity index is 511. The molecule has 2 rings (SSSR count). The normalized spacial score (nSPS) is 12.4. The fourth-order valence-electron chi connectivity index (χ4n) is 1.89. The predicted molar refractivity (Wildman–Crippen MR) is 69.2 cm³/mol. The molecule has 0 fully saturated rings. The van der Waals surface area contributed by atoms with Crippen molar-refractivity contribution in [2.45, 2.75) is 19.4 Å². The minimum absolute atomic E-state index is 0.309. The summed E-state index contributed by atoms with van der Waals surface area (Å²) in [7, 11) is 0. The van der Waals surface area contributed by atoms with Gasteiger partial charge in [0.1, 0.15) is 5.82 Å². The third kappa shape index (κ3) is 2.55. The molecule has 0 aliphatic carbocycles. The average molecular weight is 245 g/mol. The van der Waals surface area contributed by atoms with E-state index in [1.165, 1.54) is 11.6 Å². The summed E-state index contributed by atoms with van der Waals surface area (Å²) in [5.41, 5.74) is 5.05. The van der Waals surface area contributed by atoms with Crippen LogP contribution in [0.1, 0.15) is 29.8 Å². The number of pyridine rings is 1. The maximum atomic E-state index is 13.7. The average Bonchev–Trinajstić information content (AvgIpc) is 2.42. The Morgan fingerprint density at radius 3 is 2.56 bits per heavy atom. The topological polar surface area (TPSA) is 50.9 Å². The monoisotopic (exact) mass is 245 g/mol. The fourth-order valence-corrected chi connectivity index (χ4v) is 1.89. The van der Waals surface area contributed by atoms with E-state index in [-0.39, 0.29) is 5.82 Å². The number of halogens is 1. The fraction of sp³-hybridized carbons (Fsp3) is 0.214. The van der Waals surface area contributed by atoms with E-state index in [9.17, 15) is 4.39 Å². The molecular weight excluding hydrogens is 229 g/mol. The summed E-state index contributed by atoms with van der Waals surface area (Å²) in [5.74, 6) is 5.16. The van der Waals surface area contributed by atoms with Gasteiger partial charge in [0.2, 0.25) is 0 Å². The van der Waals surface area contributed by atoms with Crippen molar-refractivity contribution in [1.29, 1.82) is 0 Å². The molecule has 0 aliphatic rings. The molecule has 18 heavy (non-hydrogen) atoms. The van der Waals surface area contributed by atoms with Crippen LogP contribution in [-0.2, 0) is 6.42 Å². The van der Waals surface area contributed by atoms with E-state index in [2.05, 4.69) is 17.3 Å². The Balaban J connectivity index is 2.36. The molecule has 2 aromatic rings. The Labute approximate surface area is 106 Å². The highest BCUT2D eigenvalue weighted by Gasteiger charge is 2.17. The molecule has 0 aliphatic heterocycles. The van der Waals surface area contributed by atoms with Gasteiger partial charge in [-0.3, -0.25) is 10.8 Å². The Hall–Kier alpha value is -1.78. The largest absolute Gasteiger partial charge is 0.271 e. The summed E-state index contributed by atoms with van der Waals surface area (Å²) in [6, 6.07) is 10.4. The van der Waals surface area contributed by atoms with Crippen LogP contribution >= 0.6 is 0 Å². The van der Waals surface area contributed by atoms with Crippen LogP contribution in [0.5, 0.6) is 0 Å². The Morgan fingerprint density at radius 2 is 2.00 bits per heavy atom. The van der Waals surface area contributed by atoms with E-state index in [0.717, 1.165) is 12.0 Å². The molecule has 0 radical (unpaired) electrons. The van der Waals surface area contributed by atoms with Crippen LogP contribution in [-0.4, -0.2) is 4.98 Å². The highest BCUT2D eigenvalue weighted by molar-refractivity contribution is 5.31. The van der Waals surface area contributed by atoms with Gasteiger partial charge in [0.15, 0.2) is 0 Å². The molecule has 1 unspecified atom stereocenters. The summed E-state index contributed by atoms with van der Waals surface area (Å²) >= 11 is 0. The van der Waals surface area contributed by atoms with Crippen molar-refractivity contribution in [2.75, 3.05) is 0 Å². The number of aryl methyl sites for hydroxylation is 1. The van der Waals surface area contributed by atoms with Gasteiger partial charge in [0.05, 0.1) is 11.7 Å². The van der Waals surface area contributed by atoms with Gasteiger partial charge in [-0.2, -0.15) is 0 Å². The zero-order valence-corrected chi connectivity index (χ0v) is 10.2. The quantitative estimate of drug-likeness (QED) is 0.642. The van der Waals surface area contributed by atoms with E-state index >= 15 is 0 Å². The minimum atomic E-state index is -0.433. The molecule has 1 atom stereocenters. The second-order valence-electron chi connectivity index (χ2n) is 4.07. The van der Waals surface area contributed by atoms with E-state index in [1.807, 2.05) is 24.3 Å². The predicted octanol–water partition coefficient (Wildman–Crippen LogP) is 2.34. The number of hydrogen-bond acceptors (Lipinski definition) is 3. The van der Waals surface area contributed by atoms with Crippen molar-refractivity contribution >= 4 is 0 Å². The number of nitrogens with one attached hydrogen (secondary N) is 1. The molecule has 0 spiro atoms. The maximum Gasteiger partial charge on any atom is 0.146 e. The Morgan fingerprint density at radius 1 is 1.28 bits per heavy atom. The van der Waals surface area contributed by atoms with Gasteiger partial charge in [-0.25, -0.2) is 9.82 Å². The van der Waals surface area contributed by atoms with Crippen LogP contribution in [0.4, 0.5) is 4.39 Å². The van der Waals surface area contributed by atoms with Gasteiger partial charge in [-0.15, -0.1) is 0 Å². The molecule has 1 aromatic carbocycles. The maximum absolute atomic E-state index is 13.7. The number of nitrogens with two attached hydrogens (primary N) is 1. The summed E-state index contributed by atoms with van der Waals surface area (Å²) in [5, 5.41) is 0. The molecule has 3 nitrogen and oxygen atoms in total. The van der Waals surface area contributed by atoms with Crippen molar-refractivity contribution in [2.24, 2.45) is 5.84 Å². The third-order valence-corrected chi connectivity index (χ3v) is 2.95. The summed E-state index contributed by atoms with van der Waals surface area (Å²) in [4.78, 5) is 4.05. The first-order chi connectivity index (χ1) is 8.76. The Kier molecular flexibility index (Phi) is 4.02. The molecule has 1 aromatic heterocycles. The van der Waals surface area contributed by atoms with Crippen LogP contribution in [0.25, 0.3) is 0 Å². The van der Waals surface area contributed by atoms with Crippen molar-refractivity contribution in [3.63, 3.8) is 0 Å². The van der Waals surface area contributed by atoms with E-state index in [1.54, 1.807) is 12.3 Å².